The molecule has 0 saturated carbocycles. The maximum atomic E-state index is 13.4. The quantitative estimate of drug-likeness (QED) is 0.818. The third-order valence-corrected chi connectivity index (χ3v) is 5.42. The van der Waals surface area contributed by atoms with Crippen LogP contribution in [-0.2, 0) is 11.3 Å². The van der Waals surface area contributed by atoms with Gasteiger partial charge in [0.15, 0.2) is 0 Å². The monoisotopic (exact) mass is 394 g/mol. The first-order valence-electron chi connectivity index (χ1n) is 10.1. The molecule has 3 heterocycles. The van der Waals surface area contributed by atoms with Crippen LogP contribution >= 0.6 is 0 Å². The molecule has 1 unspecified atom stereocenters. The van der Waals surface area contributed by atoms with Crippen molar-refractivity contribution >= 4 is 17.6 Å². The van der Waals surface area contributed by atoms with Gasteiger partial charge in [0.25, 0.3) is 5.91 Å². The van der Waals surface area contributed by atoms with Crippen LogP contribution in [0.2, 0.25) is 0 Å². The lowest BCUT2D eigenvalue weighted by molar-refractivity contribution is 0.0504. The minimum atomic E-state index is -0.123. The summed E-state index contributed by atoms with van der Waals surface area (Å²) in [6, 6.07) is 11.1. The third kappa shape index (κ3) is 4.40. The summed E-state index contributed by atoms with van der Waals surface area (Å²) in [7, 11) is 0. The zero-order valence-electron chi connectivity index (χ0n) is 16.6. The van der Waals surface area contributed by atoms with Crippen LogP contribution in [-0.4, -0.2) is 54.2 Å². The molecule has 0 aliphatic carbocycles. The molecular formula is C22H26N4O3. The molecule has 0 radical (unpaired) electrons. The molecule has 1 aromatic carbocycles. The van der Waals surface area contributed by atoms with Crippen LogP contribution in [0.5, 0.6) is 0 Å². The van der Waals surface area contributed by atoms with Gasteiger partial charge in [-0.1, -0.05) is 12.1 Å². The Morgan fingerprint density at radius 1 is 1.34 bits per heavy atom. The van der Waals surface area contributed by atoms with Gasteiger partial charge < -0.3 is 15.0 Å². The Morgan fingerprint density at radius 2 is 2.24 bits per heavy atom. The van der Waals surface area contributed by atoms with E-state index in [-0.39, 0.29) is 18.0 Å². The Hall–Kier alpha value is -2.93. The highest BCUT2D eigenvalue weighted by Gasteiger charge is 2.27. The van der Waals surface area contributed by atoms with Gasteiger partial charge in [0.05, 0.1) is 18.3 Å². The summed E-state index contributed by atoms with van der Waals surface area (Å²) in [5, 5.41) is 2.81. The molecular weight excluding hydrogens is 368 g/mol. The van der Waals surface area contributed by atoms with Gasteiger partial charge in [0, 0.05) is 43.7 Å². The van der Waals surface area contributed by atoms with Gasteiger partial charge in [-0.15, -0.1) is 0 Å². The number of benzene rings is 1. The second-order valence-corrected chi connectivity index (χ2v) is 7.53. The molecule has 1 N–H and O–H groups in total. The topological polar surface area (TPSA) is 74.8 Å². The summed E-state index contributed by atoms with van der Waals surface area (Å²) < 4.78 is 5.77. The summed E-state index contributed by atoms with van der Waals surface area (Å²) in [6.07, 6.45) is 3.77. The van der Waals surface area contributed by atoms with E-state index in [4.69, 9.17) is 4.74 Å². The first-order valence-corrected chi connectivity index (χ1v) is 10.1. The average molecular weight is 394 g/mol. The van der Waals surface area contributed by atoms with E-state index >= 15 is 0 Å². The number of hydrogen-bond acceptors (Lipinski definition) is 4. The minimum Gasteiger partial charge on any atom is -0.376 e. The maximum absolute atomic E-state index is 13.4. The fraction of sp³-hybridized carbons (Fsp3) is 0.409. The van der Waals surface area contributed by atoms with Gasteiger partial charge in [0.2, 0.25) is 0 Å². The number of urea groups is 1. The number of nitrogens with zero attached hydrogens (tertiary/aromatic N) is 3. The van der Waals surface area contributed by atoms with Gasteiger partial charge >= 0.3 is 6.03 Å². The predicted octanol–water partition coefficient (Wildman–Crippen LogP) is 2.74. The zero-order valence-corrected chi connectivity index (χ0v) is 16.6. The number of pyridine rings is 1. The SMILES string of the molecule is Cc1ccc(C(=O)N(Cc2ccccn2)CC2CCCO2)cc1N1CCNC1=O. The molecule has 1 aromatic heterocycles. The van der Waals surface area contributed by atoms with E-state index in [2.05, 4.69) is 10.3 Å². The maximum Gasteiger partial charge on any atom is 0.322 e. The van der Waals surface area contributed by atoms with Crippen molar-refractivity contribution < 1.29 is 14.3 Å². The molecule has 2 aliphatic rings. The minimum absolute atomic E-state index is 0.0527. The van der Waals surface area contributed by atoms with Crippen LogP contribution in [0.25, 0.3) is 0 Å². The van der Waals surface area contributed by atoms with E-state index in [1.54, 1.807) is 16.0 Å². The van der Waals surface area contributed by atoms with Crippen molar-refractivity contribution in [1.29, 1.82) is 0 Å². The lowest BCUT2D eigenvalue weighted by Crippen LogP contribution is -2.37. The van der Waals surface area contributed by atoms with E-state index in [1.165, 1.54) is 0 Å². The Kier molecular flexibility index (Phi) is 5.76. The van der Waals surface area contributed by atoms with E-state index < -0.39 is 0 Å². The van der Waals surface area contributed by atoms with Gasteiger partial charge in [0.1, 0.15) is 0 Å². The molecule has 7 heteroatoms. The summed E-state index contributed by atoms with van der Waals surface area (Å²) >= 11 is 0. The fourth-order valence-corrected chi connectivity index (χ4v) is 3.86. The van der Waals surface area contributed by atoms with Crippen LogP contribution in [0, 0.1) is 6.92 Å². The Labute approximate surface area is 170 Å². The number of carbonyl (C=O) groups excluding carboxylic acids is 2. The normalized spacial score (nSPS) is 18.7. The lowest BCUT2D eigenvalue weighted by Gasteiger charge is -2.26. The molecule has 152 valence electrons. The number of rotatable bonds is 6. The van der Waals surface area contributed by atoms with Crippen molar-refractivity contribution in [2.45, 2.75) is 32.4 Å². The summed E-state index contributed by atoms with van der Waals surface area (Å²) in [5.74, 6) is -0.0768. The first kappa shape index (κ1) is 19.4. The lowest BCUT2D eigenvalue weighted by atomic mass is 10.1. The molecule has 0 bridgehead atoms. The summed E-state index contributed by atoms with van der Waals surface area (Å²) in [5.41, 5.74) is 3.15. The Morgan fingerprint density at radius 3 is 2.93 bits per heavy atom. The molecule has 4 rings (SSSR count). The number of hydrogen-bond donors (Lipinski definition) is 1. The van der Waals surface area contributed by atoms with Crippen LogP contribution in [0.3, 0.4) is 0 Å². The van der Waals surface area contributed by atoms with Gasteiger partial charge in [-0.2, -0.15) is 0 Å². The highest BCUT2D eigenvalue weighted by Crippen LogP contribution is 2.25. The molecule has 2 aromatic rings. The van der Waals surface area contributed by atoms with Gasteiger partial charge in [-0.25, -0.2) is 4.79 Å². The third-order valence-electron chi connectivity index (χ3n) is 5.42. The zero-order chi connectivity index (χ0) is 20.2. The predicted molar refractivity (Wildman–Crippen MR) is 110 cm³/mol. The number of ether oxygens (including phenoxy) is 1. The molecule has 3 amide bonds. The van der Waals surface area contributed by atoms with Crippen molar-refractivity contribution in [1.82, 2.24) is 15.2 Å². The molecule has 1 atom stereocenters. The highest BCUT2D eigenvalue weighted by molar-refractivity contribution is 5.99. The van der Waals surface area contributed by atoms with Crippen molar-refractivity contribution in [2.24, 2.45) is 0 Å². The van der Waals surface area contributed by atoms with E-state index in [1.807, 2.05) is 43.3 Å². The van der Waals surface area contributed by atoms with E-state index in [0.29, 0.717) is 31.7 Å². The largest absolute Gasteiger partial charge is 0.376 e. The van der Waals surface area contributed by atoms with E-state index in [0.717, 1.165) is 36.4 Å². The smallest absolute Gasteiger partial charge is 0.322 e. The fourth-order valence-electron chi connectivity index (χ4n) is 3.86. The van der Waals surface area contributed by atoms with Crippen LogP contribution in [0.1, 0.15) is 34.5 Å². The standard InChI is InChI=1S/C22H26N4O3/c1-16-7-8-17(13-20(16)26-11-10-24-22(26)28)21(27)25(15-19-6-4-12-29-19)14-18-5-2-3-9-23-18/h2-3,5,7-9,13,19H,4,6,10-12,14-15H2,1H3,(H,24,28). The van der Waals surface area contributed by atoms with Crippen LogP contribution in [0.15, 0.2) is 42.6 Å². The van der Waals surface area contributed by atoms with Crippen molar-refractivity contribution in [3.63, 3.8) is 0 Å². The second-order valence-electron chi connectivity index (χ2n) is 7.53. The first-order chi connectivity index (χ1) is 14.1. The second kappa shape index (κ2) is 8.61. The molecule has 0 spiro atoms. The van der Waals surface area contributed by atoms with Crippen molar-refractivity contribution in [2.75, 3.05) is 31.1 Å². The van der Waals surface area contributed by atoms with E-state index in [9.17, 15) is 9.59 Å². The number of anilines is 1. The molecule has 7 nitrogen and oxygen atoms in total. The number of aryl methyl sites for hydroxylation is 1. The van der Waals surface area contributed by atoms with Crippen LogP contribution < -0.4 is 10.2 Å². The number of nitrogens with one attached hydrogen (secondary N) is 1. The Bertz CT molecular complexity index is 881. The van der Waals surface area contributed by atoms with Crippen molar-refractivity contribution in [3.05, 3.63) is 59.4 Å². The van der Waals surface area contributed by atoms with Crippen molar-refractivity contribution in [3.8, 4) is 0 Å². The number of aromatic nitrogens is 1. The average Bonchev–Trinajstić information content (AvgIpc) is 3.40. The molecule has 2 saturated heterocycles. The summed E-state index contributed by atoms with van der Waals surface area (Å²) in [6.45, 7) is 4.87. The highest BCUT2D eigenvalue weighted by atomic mass is 16.5. The molecule has 2 fully saturated rings. The van der Waals surface area contributed by atoms with Gasteiger partial charge in [-0.05, 0) is 49.6 Å². The molecule has 2 aliphatic heterocycles. The Balaban J connectivity index is 1.60. The van der Waals surface area contributed by atoms with Gasteiger partial charge in [-0.3, -0.25) is 14.7 Å². The number of carbonyl (C=O) groups is 2. The summed E-state index contributed by atoms with van der Waals surface area (Å²) in [4.78, 5) is 33.4. The molecule has 29 heavy (non-hydrogen) atoms. The van der Waals surface area contributed by atoms with Crippen LogP contribution in [0.4, 0.5) is 10.5 Å². The number of amides is 3.